The summed E-state index contributed by atoms with van der Waals surface area (Å²) < 4.78 is 3.82. The van der Waals surface area contributed by atoms with Gasteiger partial charge in [-0.05, 0) is 60.5 Å². The number of nitrogens with one attached hydrogen (secondary N) is 1. The van der Waals surface area contributed by atoms with E-state index in [1.165, 1.54) is 5.56 Å². The zero-order chi connectivity index (χ0) is 21.0. The lowest BCUT2D eigenvalue weighted by Crippen LogP contribution is -2.13. The van der Waals surface area contributed by atoms with Crippen LogP contribution in [0.25, 0.3) is 16.7 Å². The number of para-hydroxylation sites is 2. The van der Waals surface area contributed by atoms with Gasteiger partial charge < -0.3 is 5.32 Å². The van der Waals surface area contributed by atoms with E-state index < -0.39 is 0 Å². The molecule has 3 heterocycles. The standard InChI is InChI=1S/C24H20N6O/c31-24(27-23-12-16-29(28-23)15-11-18-9-13-25-14-10-18)19-5-7-20(8-6-19)30-17-26-21-3-1-2-4-22(21)30/h1-10,12-14,16-17H,11,15H2,(H,27,28,31). The summed E-state index contributed by atoms with van der Waals surface area (Å²) in [5, 5.41) is 7.30. The van der Waals surface area contributed by atoms with Crippen molar-refractivity contribution in [3.05, 3.63) is 103 Å². The highest BCUT2D eigenvalue weighted by molar-refractivity contribution is 6.03. The number of nitrogens with zero attached hydrogens (tertiary/aromatic N) is 5. The monoisotopic (exact) mass is 408 g/mol. The maximum atomic E-state index is 12.6. The van der Waals surface area contributed by atoms with Gasteiger partial charge in [-0.1, -0.05) is 12.1 Å². The topological polar surface area (TPSA) is 77.6 Å². The van der Waals surface area contributed by atoms with Crippen molar-refractivity contribution < 1.29 is 4.79 Å². The second kappa shape index (κ2) is 8.23. The molecule has 0 atom stereocenters. The smallest absolute Gasteiger partial charge is 0.256 e. The number of hydrogen-bond donors (Lipinski definition) is 1. The number of rotatable bonds is 6. The number of carbonyl (C=O) groups is 1. The molecule has 0 aliphatic carbocycles. The molecule has 5 aromatic rings. The first-order valence-corrected chi connectivity index (χ1v) is 10.0. The van der Waals surface area contributed by atoms with Crippen LogP contribution in [-0.4, -0.2) is 30.2 Å². The van der Waals surface area contributed by atoms with Gasteiger partial charge >= 0.3 is 0 Å². The van der Waals surface area contributed by atoms with Gasteiger partial charge in [0.2, 0.25) is 0 Å². The van der Waals surface area contributed by atoms with Crippen LogP contribution in [0.4, 0.5) is 5.82 Å². The molecule has 0 aliphatic heterocycles. The quantitative estimate of drug-likeness (QED) is 0.459. The van der Waals surface area contributed by atoms with Crippen LogP contribution < -0.4 is 5.32 Å². The number of aryl methyl sites for hydroxylation is 2. The lowest BCUT2D eigenvalue weighted by Gasteiger charge is -2.06. The molecule has 1 N–H and O–H groups in total. The van der Waals surface area contributed by atoms with Gasteiger partial charge in [0.25, 0.3) is 5.91 Å². The zero-order valence-corrected chi connectivity index (χ0v) is 16.7. The van der Waals surface area contributed by atoms with Gasteiger partial charge in [0.15, 0.2) is 5.82 Å². The Labute approximate surface area is 179 Å². The van der Waals surface area contributed by atoms with Crippen molar-refractivity contribution in [3.63, 3.8) is 0 Å². The number of aromatic nitrogens is 5. The third-order valence-corrected chi connectivity index (χ3v) is 5.12. The molecule has 152 valence electrons. The molecule has 0 unspecified atom stereocenters. The maximum Gasteiger partial charge on any atom is 0.256 e. The number of amides is 1. The van der Waals surface area contributed by atoms with Gasteiger partial charge in [0, 0.05) is 42.5 Å². The van der Waals surface area contributed by atoms with Crippen LogP contribution in [0.2, 0.25) is 0 Å². The van der Waals surface area contributed by atoms with Crippen molar-refractivity contribution in [1.29, 1.82) is 0 Å². The highest BCUT2D eigenvalue weighted by Gasteiger charge is 2.10. The normalized spacial score (nSPS) is 11.0. The van der Waals surface area contributed by atoms with E-state index in [0.29, 0.717) is 11.4 Å². The number of carbonyl (C=O) groups excluding carboxylic acids is 1. The Bertz CT molecular complexity index is 1320. The van der Waals surface area contributed by atoms with E-state index in [1.54, 1.807) is 36.9 Å². The van der Waals surface area contributed by atoms with E-state index in [9.17, 15) is 4.79 Å². The van der Waals surface area contributed by atoms with Crippen LogP contribution in [-0.2, 0) is 13.0 Å². The first kappa shape index (κ1) is 18.7. The van der Waals surface area contributed by atoms with Crippen LogP contribution in [0, 0.1) is 0 Å². The van der Waals surface area contributed by atoms with Crippen LogP contribution in [0.3, 0.4) is 0 Å². The Kier molecular flexibility index (Phi) is 4.98. The Morgan fingerprint density at radius 2 is 1.74 bits per heavy atom. The minimum Gasteiger partial charge on any atom is -0.305 e. The molecule has 1 amide bonds. The highest BCUT2D eigenvalue weighted by atomic mass is 16.1. The summed E-state index contributed by atoms with van der Waals surface area (Å²) >= 11 is 0. The number of imidazole rings is 1. The Morgan fingerprint density at radius 3 is 2.58 bits per heavy atom. The first-order chi connectivity index (χ1) is 15.3. The predicted molar refractivity (Wildman–Crippen MR) is 119 cm³/mol. The molecule has 0 saturated carbocycles. The molecular formula is C24H20N6O. The lowest BCUT2D eigenvalue weighted by atomic mass is 10.2. The SMILES string of the molecule is O=C(Nc1ccn(CCc2ccncc2)n1)c1ccc(-n2cnc3ccccc32)cc1. The average Bonchev–Trinajstić information content (AvgIpc) is 3.45. The molecule has 0 fully saturated rings. The van der Waals surface area contributed by atoms with Gasteiger partial charge in [0.05, 0.1) is 11.0 Å². The van der Waals surface area contributed by atoms with Crippen LogP contribution in [0.15, 0.2) is 91.6 Å². The van der Waals surface area contributed by atoms with E-state index in [1.807, 2.05) is 64.0 Å². The summed E-state index contributed by atoms with van der Waals surface area (Å²) in [5.74, 6) is 0.339. The highest BCUT2D eigenvalue weighted by Crippen LogP contribution is 2.18. The van der Waals surface area contributed by atoms with Gasteiger partial charge in [-0.15, -0.1) is 0 Å². The number of benzene rings is 2. The average molecular weight is 408 g/mol. The molecular weight excluding hydrogens is 388 g/mol. The Hall–Kier alpha value is -4.26. The van der Waals surface area contributed by atoms with Gasteiger partial charge in [-0.3, -0.25) is 19.0 Å². The molecule has 0 radical (unpaired) electrons. The van der Waals surface area contributed by atoms with Crippen LogP contribution in [0.1, 0.15) is 15.9 Å². The predicted octanol–water partition coefficient (Wildman–Crippen LogP) is 4.11. The Morgan fingerprint density at radius 1 is 0.935 bits per heavy atom. The molecule has 31 heavy (non-hydrogen) atoms. The van der Waals surface area contributed by atoms with E-state index in [0.717, 1.165) is 29.7 Å². The Balaban J connectivity index is 1.24. The van der Waals surface area contributed by atoms with Crippen LogP contribution in [0.5, 0.6) is 0 Å². The number of fused-ring (bicyclic) bond motifs is 1. The molecule has 7 heteroatoms. The molecule has 3 aromatic heterocycles. The second-order valence-electron chi connectivity index (χ2n) is 7.17. The summed E-state index contributed by atoms with van der Waals surface area (Å²) in [6.07, 6.45) is 8.07. The summed E-state index contributed by atoms with van der Waals surface area (Å²) in [6.45, 7) is 0.730. The van der Waals surface area contributed by atoms with E-state index in [2.05, 4.69) is 20.4 Å². The van der Waals surface area contributed by atoms with Gasteiger partial charge in [0.1, 0.15) is 6.33 Å². The molecule has 7 nitrogen and oxygen atoms in total. The molecule has 5 rings (SSSR count). The fourth-order valence-electron chi connectivity index (χ4n) is 3.47. The molecule has 0 bridgehead atoms. The third-order valence-electron chi connectivity index (χ3n) is 5.12. The summed E-state index contributed by atoms with van der Waals surface area (Å²) in [5.41, 5.74) is 4.67. The minimum atomic E-state index is -0.193. The lowest BCUT2D eigenvalue weighted by molar-refractivity contribution is 0.102. The van der Waals surface area contributed by atoms with Crippen molar-refractivity contribution in [3.8, 4) is 5.69 Å². The van der Waals surface area contributed by atoms with E-state index in [-0.39, 0.29) is 5.91 Å². The van der Waals surface area contributed by atoms with Crippen LogP contribution >= 0.6 is 0 Å². The van der Waals surface area contributed by atoms with Crippen molar-refractivity contribution in [2.75, 3.05) is 5.32 Å². The summed E-state index contributed by atoms with van der Waals surface area (Å²) in [6, 6.07) is 21.2. The summed E-state index contributed by atoms with van der Waals surface area (Å²) in [7, 11) is 0. The van der Waals surface area contributed by atoms with Crippen molar-refractivity contribution in [2.24, 2.45) is 0 Å². The maximum absolute atomic E-state index is 12.6. The zero-order valence-electron chi connectivity index (χ0n) is 16.7. The van der Waals surface area contributed by atoms with E-state index >= 15 is 0 Å². The van der Waals surface area contributed by atoms with Gasteiger partial charge in [-0.25, -0.2) is 4.98 Å². The minimum absolute atomic E-state index is 0.193. The van der Waals surface area contributed by atoms with Crippen molar-refractivity contribution in [1.82, 2.24) is 24.3 Å². The fourth-order valence-corrected chi connectivity index (χ4v) is 3.47. The number of pyridine rings is 1. The molecule has 2 aromatic carbocycles. The van der Waals surface area contributed by atoms with Crippen molar-refractivity contribution in [2.45, 2.75) is 13.0 Å². The van der Waals surface area contributed by atoms with Gasteiger partial charge in [-0.2, -0.15) is 5.10 Å². The number of anilines is 1. The van der Waals surface area contributed by atoms with E-state index in [4.69, 9.17) is 0 Å². The molecule has 0 spiro atoms. The number of hydrogen-bond acceptors (Lipinski definition) is 4. The third kappa shape index (κ3) is 4.06. The van der Waals surface area contributed by atoms with Crippen molar-refractivity contribution >= 4 is 22.8 Å². The molecule has 0 aliphatic rings. The first-order valence-electron chi connectivity index (χ1n) is 10.0. The second-order valence-corrected chi connectivity index (χ2v) is 7.17. The fraction of sp³-hybridized carbons (Fsp3) is 0.0833. The summed E-state index contributed by atoms with van der Waals surface area (Å²) in [4.78, 5) is 21.1. The molecule has 0 saturated heterocycles. The largest absolute Gasteiger partial charge is 0.305 e.